The first-order valence-corrected chi connectivity index (χ1v) is 5.11. The lowest BCUT2D eigenvalue weighted by Crippen LogP contribution is -2.25. The zero-order valence-electron chi connectivity index (χ0n) is 9.44. The first-order chi connectivity index (χ1) is 8.00. The van der Waals surface area contributed by atoms with Crippen LogP contribution in [0.25, 0.3) is 10.9 Å². The van der Waals surface area contributed by atoms with E-state index in [9.17, 15) is 9.18 Å². The van der Waals surface area contributed by atoms with E-state index < -0.39 is 12.0 Å². The Hall–Kier alpha value is -2.11. The van der Waals surface area contributed by atoms with Gasteiger partial charge in [-0.1, -0.05) is 6.07 Å². The summed E-state index contributed by atoms with van der Waals surface area (Å²) in [7, 11) is 1.61. The molecule has 1 aromatic heterocycles. The second kappa shape index (κ2) is 4.04. The minimum atomic E-state index is -0.986. The van der Waals surface area contributed by atoms with E-state index >= 15 is 0 Å². The topological polar surface area (TPSA) is 67.2 Å². The fourth-order valence-corrected chi connectivity index (χ4v) is 1.66. The molecule has 6 heteroatoms. The van der Waals surface area contributed by atoms with Crippen LogP contribution in [0.15, 0.2) is 18.2 Å². The molecule has 0 aliphatic rings. The van der Waals surface area contributed by atoms with Crippen LogP contribution < -0.4 is 5.32 Å². The van der Waals surface area contributed by atoms with Crippen molar-refractivity contribution in [1.29, 1.82) is 0 Å². The summed E-state index contributed by atoms with van der Waals surface area (Å²) in [5.74, 6) is -0.995. The Morgan fingerprint density at radius 1 is 1.59 bits per heavy atom. The fourth-order valence-electron chi connectivity index (χ4n) is 1.66. The van der Waals surface area contributed by atoms with Crippen LogP contribution in [-0.4, -0.2) is 26.9 Å². The lowest BCUT2D eigenvalue weighted by atomic mass is 10.2. The molecule has 0 amide bonds. The van der Waals surface area contributed by atoms with Gasteiger partial charge in [-0.05, 0) is 19.1 Å². The smallest absolute Gasteiger partial charge is 0.325 e. The molecule has 5 nitrogen and oxygen atoms in total. The van der Waals surface area contributed by atoms with E-state index in [1.807, 2.05) is 0 Å². The zero-order chi connectivity index (χ0) is 12.6. The highest BCUT2D eigenvalue weighted by Gasteiger charge is 2.16. The number of aryl methyl sites for hydroxylation is 1. The van der Waals surface area contributed by atoms with Gasteiger partial charge in [-0.3, -0.25) is 9.48 Å². The van der Waals surface area contributed by atoms with Gasteiger partial charge in [0.25, 0.3) is 0 Å². The molecule has 0 bridgehead atoms. The summed E-state index contributed by atoms with van der Waals surface area (Å²) in [4.78, 5) is 10.7. The van der Waals surface area contributed by atoms with Gasteiger partial charge < -0.3 is 10.4 Å². The van der Waals surface area contributed by atoms with E-state index in [0.717, 1.165) is 0 Å². The van der Waals surface area contributed by atoms with Gasteiger partial charge in [0.15, 0.2) is 5.82 Å². The van der Waals surface area contributed by atoms with Crippen molar-refractivity contribution in [3.63, 3.8) is 0 Å². The van der Waals surface area contributed by atoms with Crippen LogP contribution >= 0.6 is 0 Å². The normalized spacial score (nSPS) is 12.6. The highest BCUT2D eigenvalue weighted by Crippen LogP contribution is 2.24. The van der Waals surface area contributed by atoms with Crippen molar-refractivity contribution in [1.82, 2.24) is 9.78 Å². The molecule has 0 saturated carbocycles. The number of aromatic nitrogens is 2. The molecule has 1 atom stereocenters. The molecule has 0 aliphatic carbocycles. The van der Waals surface area contributed by atoms with Crippen molar-refractivity contribution in [3.8, 4) is 0 Å². The third-order valence-electron chi connectivity index (χ3n) is 2.54. The van der Waals surface area contributed by atoms with Crippen molar-refractivity contribution in [2.75, 3.05) is 5.32 Å². The molecule has 0 aliphatic heterocycles. The maximum Gasteiger partial charge on any atom is 0.325 e. The number of nitrogens with one attached hydrogen (secondary N) is 1. The average Bonchev–Trinajstić information content (AvgIpc) is 2.57. The molecule has 1 aromatic carbocycles. The molecular formula is C11H12FN3O2. The molecule has 17 heavy (non-hydrogen) atoms. The van der Waals surface area contributed by atoms with E-state index in [-0.39, 0.29) is 5.82 Å². The van der Waals surface area contributed by atoms with E-state index in [2.05, 4.69) is 10.4 Å². The third-order valence-corrected chi connectivity index (χ3v) is 2.54. The van der Waals surface area contributed by atoms with E-state index in [0.29, 0.717) is 16.7 Å². The maximum absolute atomic E-state index is 13.6. The van der Waals surface area contributed by atoms with Crippen LogP contribution in [0.4, 0.5) is 10.2 Å². The summed E-state index contributed by atoms with van der Waals surface area (Å²) in [5, 5.41) is 16.2. The predicted molar refractivity (Wildman–Crippen MR) is 61.4 cm³/mol. The first-order valence-electron chi connectivity index (χ1n) is 5.11. The summed E-state index contributed by atoms with van der Waals surface area (Å²) < 4.78 is 14.9. The van der Waals surface area contributed by atoms with E-state index in [1.165, 1.54) is 17.7 Å². The number of rotatable bonds is 3. The van der Waals surface area contributed by atoms with Gasteiger partial charge >= 0.3 is 5.97 Å². The highest BCUT2D eigenvalue weighted by molar-refractivity contribution is 5.92. The summed E-state index contributed by atoms with van der Waals surface area (Å²) >= 11 is 0. The van der Waals surface area contributed by atoms with Crippen molar-refractivity contribution in [2.24, 2.45) is 7.05 Å². The van der Waals surface area contributed by atoms with Gasteiger partial charge in [-0.25, -0.2) is 4.39 Å². The Morgan fingerprint density at radius 2 is 2.29 bits per heavy atom. The molecule has 2 aromatic rings. The molecule has 90 valence electrons. The molecule has 0 saturated heterocycles. The Bertz CT molecular complexity index is 579. The Labute approximate surface area is 96.9 Å². The number of benzene rings is 1. The number of halogens is 1. The number of fused-ring (bicyclic) bond motifs is 1. The number of carboxylic acids is 1. The van der Waals surface area contributed by atoms with Crippen LogP contribution in [0.3, 0.4) is 0 Å². The third kappa shape index (κ3) is 1.93. The number of para-hydroxylation sites is 1. The minimum Gasteiger partial charge on any atom is -0.480 e. The zero-order valence-corrected chi connectivity index (χ0v) is 9.44. The second-order valence-corrected chi connectivity index (χ2v) is 3.81. The molecule has 0 spiro atoms. The molecule has 0 radical (unpaired) electrons. The molecular weight excluding hydrogens is 225 g/mol. The number of anilines is 1. The van der Waals surface area contributed by atoms with Crippen molar-refractivity contribution < 1.29 is 14.3 Å². The quantitative estimate of drug-likeness (QED) is 0.850. The van der Waals surface area contributed by atoms with Crippen LogP contribution in [0, 0.1) is 5.82 Å². The lowest BCUT2D eigenvalue weighted by molar-refractivity contribution is -0.137. The second-order valence-electron chi connectivity index (χ2n) is 3.81. The fraction of sp³-hybridized carbons (Fsp3) is 0.273. The summed E-state index contributed by atoms with van der Waals surface area (Å²) in [6.07, 6.45) is 0. The Kier molecular flexibility index (Phi) is 2.71. The van der Waals surface area contributed by atoms with Gasteiger partial charge in [0, 0.05) is 12.4 Å². The van der Waals surface area contributed by atoms with Gasteiger partial charge in [0.1, 0.15) is 17.4 Å². The number of hydrogen-bond donors (Lipinski definition) is 2. The number of carbonyl (C=O) groups is 1. The number of hydrogen-bond acceptors (Lipinski definition) is 3. The van der Waals surface area contributed by atoms with Crippen molar-refractivity contribution >= 4 is 22.7 Å². The highest BCUT2D eigenvalue weighted by atomic mass is 19.1. The standard InChI is InChI=1S/C11H12FN3O2/c1-6(11(16)17)13-10-7-4-3-5-8(12)9(7)15(2)14-10/h3-6H,1-2H3,(H,13,14)(H,16,17). The molecule has 2 N–H and O–H groups in total. The number of aliphatic carboxylic acids is 1. The van der Waals surface area contributed by atoms with Gasteiger partial charge in [-0.15, -0.1) is 0 Å². The molecule has 1 unspecified atom stereocenters. The molecule has 1 heterocycles. The van der Waals surface area contributed by atoms with E-state index in [1.54, 1.807) is 19.2 Å². The van der Waals surface area contributed by atoms with Gasteiger partial charge in [0.05, 0.1) is 0 Å². The van der Waals surface area contributed by atoms with Gasteiger partial charge in [-0.2, -0.15) is 5.10 Å². The first kappa shape index (κ1) is 11.4. The predicted octanol–water partition coefficient (Wildman–Crippen LogP) is 1.60. The largest absolute Gasteiger partial charge is 0.480 e. The summed E-state index contributed by atoms with van der Waals surface area (Å²) in [5.41, 5.74) is 0.354. The summed E-state index contributed by atoms with van der Waals surface area (Å²) in [6.45, 7) is 1.50. The minimum absolute atomic E-state index is 0.354. The van der Waals surface area contributed by atoms with Crippen LogP contribution in [0.2, 0.25) is 0 Å². The van der Waals surface area contributed by atoms with Gasteiger partial charge in [0.2, 0.25) is 0 Å². The molecule has 0 fully saturated rings. The van der Waals surface area contributed by atoms with Crippen LogP contribution in [0.5, 0.6) is 0 Å². The SMILES string of the molecule is CC(Nc1nn(C)c2c(F)cccc12)C(=O)O. The monoisotopic (exact) mass is 237 g/mol. The Balaban J connectivity index is 2.49. The average molecular weight is 237 g/mol. The van der Waals surface area contributed by atoms with Crippen molar-refractivity contribution in [2.45, 2.75) is 13.0 Å². The Morgan fingerprint density at radius 3 is 2.94 bits per heavy atom. The van der Waals surface area contributed by atoms with Crippen LogP contribution in [-0.2, 0) is 11.8 Å². The molecule has 2 rings (SSSR count). The van der Waals surface area contributed by atoms with Crippen LogP contribution in [0.1, 0.15) is 6.92 Å². The maximum atomic E-state index is 13.6. The number of nitrogens with zero attached hydrogens (tertiary/aromatic N) is 2. The summed E-state index contributed by atoms with van der Waals surface area (Å²) in [6, 6.07) is 3.82. The number of carboxylic acid groups (broad SMARTS) is 1. The lowest BCUT2D eigenvalue weighted by Gasteiger charge is -2.07. The van der Waals surface area contributed by atoms with Crippen molar-refractivity contribution in [3.05, 3.63) is 24.0 Å². The van der Waals surface area contributed by atoms with E-state index in [4.69, 9.17) is 5.11 Å².